The molecule has 7 atom stereocenters. The number of rotatable bonds is 5. The monoisotopic (exact) mass is 457 g/mol. The maximum absolute atomic E-state index is 10.2. The quantitative estimate of drug-likeness (QED) is 0.602. The molecular weight excluding hydrogens is 410 g/mol. The molecule has 4 fully saturated rings. The first-order valence-electron chi connectivity index (χ1n) is 13.5. The Labute approximate surface area is 201 Å². The van der Waals surface area contributed by atoms with Gasteiger partial charge in [0, 0.05) is 25.6 Å². The van der Waals surface area contributed by atoms with Gasteiger partial charge in [-0.2, -0.15) is 0 Å². The number of aliphatic hydroxyl groups excluding tert-OH is 2. The van der Waals surface area contributed by atoms with Crippen LogP contribution in [0.4, 0.5) is 0 Å². The summed E-state index contributed by atoms with van der Waals surface area (Å²) in [5.74, 6) is 2.75. The Balaban J connectivity index is 1.47. The summed E-state index contributed by atoms with van der Waals surface area (Å²) in [6.45, 7) is 17.8. The highest BCUT2D eigenvalue weighted by atomic mass is 16.5. The van der Waals surface area contributed by atoms with Gasteiger partial charge < -0.3 is 14.9 Å². The van der Waals surface area contributed by atoms with Crippen LogP contribution < -0.4 is 0 Å². The zero-order chi connectivity index (χ0) is 23.8. The molecule has 1 aliphatic heterocycles. The minimum atomic E-state index is -0.610. The molecule has 0 aromatic carbocycles. The summed E-state index contributed by atoms with van der Waals surface area (Å²) >= 11 is 0. The van der Waals surface area contributed by atoms with Crippen molar-refractivity contribution in [3.63, 3.8) is 0 Å². The summed E-state index contributed by atoms with van der Waals surface area (Å²) in [4.78, 5) is 2.71. The van der Waals surface area contributed by atoms with E-state index in [0.717, 1.165) is 36.8 Å². The third-order valence-electron chi connectivity index (χ3n) is 9.56. The van der Waals surface area contributed by atoms with Crippen LogP contribution in [0.1, 0.15) is 72.6 Å². The standard InChI is InChI=1S/C29H47NO3/c1-19(2)27-18-33-14-13-30(27)17-20(3)25-10-11-26-22(7-6-12-29(25,26)5)8-9-23-15-24(31)16-28(32)21(23)4/h8-9,19-20,24-28,31-32H,4,6-7,10-18H2,1-3,5H3/b22-8+,23-9-/t20-,24-,25-,26+,27+,28+,29-/m1/s1. The van der Waals surface area contributed by atoms with E-state index >= 15 is 0 Å². The lowest BCUT2D eigenvalue weighted by molar-refractivity contribution is -0.0389. The fourth-order valence-electron chi connectivity index (χ4n) is 7.67. The van der Waals surface area contributed by atoms with E-state index in [-0.39, 0.29) is 0 Å². The van der Waals surface area contributed by atoms with Gasteiger partial charge in [0.15, 0.2) is 0 Å². The molecule has 1 heterocycles. The molecular formula is C29H47NO3. The van der Waals surface area contributed by atoms with Gasteiger partial charge in [0.05, 0.1) is 25.4 Å². The molecule has 0 bridgehead atoms. The minimum absolute atomic E-state index is 0.379. The lowest BCUT2D eigenvalue weighted by Crippen LogP contribution is -2.51. The van der Waals surface area contributed by atoms with Gasteiger partial charge in [-0.15, -0.1) is 0 Å². The molecule has 186 valence electrons. The lowest BCUT2D eigenvalue weighted by atomic mass is 9.61. The summed E-state index contributed by atoms with van der Waals surface area (Å²) in [7, 11) is 0. The van der Waals surface area contributed by atoms with Crippen LogP contribution in [0.3, 0.4) is 0 Å². The summed E-state index contributed by atoms with van der Waals surface area (Å²) in [5, 5.41) is 20.3. The van der Waals surface area contributed by atoms with Crippen molar-refractivity contribution < 1.29 is 14.9 Å². The number of ether oxygens (including phenoxy) is 1. The molecule has 4 aliphatic rings. The number of allylic oxidation sites excluding steroid dienone is 3. The lowest BCUT2D eigenvalue weighted by Gasteiger charge is -2.46. The van der Waals surface area contributed by atoms with Crippen LogP contribution in [0.25, 0.3) is 0 Å². The van der Waals surface area contributed by atoms with Crippen molar-refractivity contribution >= 4 is 0 Å². The topological polar surface area (TPSA) is 52.9 Å². The fourth-order valence-corrected chi connectivity index (χ4v) is 7.67. The van der Waals surface area contributed by atoms with Crippen molar-refractivity contribution in [2.75, 3.05) is 26.3 Å². The minimum Gasteiger partial charge on any atom is -0.393 e. The molecule has 0 spiro atoms. The number of hydrogen-bond acceptors (Lipinski definition) is 4. The summed E-state index contributed by atoms with van der Waals surface area (Å²) in [5.41, 5.74) is 3.78. The Morgan fingerprint density at radius 2 is 2.00 bits per heavy atom. The van der Waals surface area contributed by atoms with E-state index in [9.17, 15) is 10.2 Å². The third kappa shape index (κ3) is 5.19. The summed E-state index contributed by atoms with van der Waals surface area (Å²) in [6, 6.07) is 0.550. The second-order valence-electron chi connectivity index (χ2n) is 12.0. The average molecular weight is 458 g/mol. The number of nitrogens with zero attached hydrogens (tertiary/aromatic N) is 1. The second kappa shape index (κ2) is 10.4. The van der Waals surface area contributed by atoms with E-state index in [1.54, 1.807) is 5.57 Å². The van der Waals surface area contributed by atoms with Crippen LogP contribution >= 0.6 is 0 Å². The highest BCUT2D eigenvalue weighted by Gasteiger charge is 2.51. The summed E-state index contributed by atoms with van der Waals surface area (Å²) < 4.78 is 5.81. The number of fused-ring (bicyclic) bond motifs is 1. The van der Waals surface area contributed by atoms with E-state index < -0.39 is 12.2 Å². The van der Waals surface area contributed by atoms with Crippen LogP contribution in [0.2, 0.25) is 0 Å². The second-order valence-corrected chi connectivity index (χ2v) is 12.0. The van der Waals surface area contributed by atoms with Gasteiger partial charge >= 0.3 is 0 Å². The number of morpholine rings is 1. The normalized spacial score (nSPS) is 41.7. The van der Waals surface area contributed by atoms with Crippen LogP contribution in [0, 0.1) is 29.1 Å². The molecule has 0 unspecified atom stereocenters. The Kier molecular flexibility index (Phi) is 7.90. The van der Waals surface area contributed by atoms with Gasteiger partial charge in [-0.3, -0.25) is 4.90 Å². The molecule has 0 aromatic heterocycles. The predicted octanol–water partition coefficient (Wildman–Crippen LogP) is 5.12. The number of hydrogen-bond donors (Lipinski definition) is 2. The first-order chi connectivity index (χ1) is 15.7. The molecule has 4 nitrogen and oxygen atoms in total. The van der Waals surface area contributed by atoms with Crippen molar-refractivity contribution in [3.8, 4) is 0 Å². The van der Waals surface area contributed by atoms with E-state index in [4.69, 9.17) is 4.74 Å². The fraction of sp³-hybridized carbons (Fsp3) is 0.793. The molecule has 0 amide bonds. The molecule has 4 heteroatoms. The zero-order valence-electron chi connectivity index (χ0n) is 21.4. The first-order valence-corrected chi connectivity index (χ1v) is 13.5. The maximum atomic E-state index is 10.2. The van der Waals surface area contributed by atoms with Crippen LogP contribution in [-0.4, -0.2) is 59.7 Å². The maximum Gasteiger partial charge on any atom is 0.0811 e. The Hall–Kier alpha value is -0.940. The molecule has 3 aliphatic carbocycles. The van der Waals surface area contributed by atoms with Gasteiger partial charge in [0.1, 0.15) is 0 Å². The largest absolute Gasteiger partial charge is 0.393 e. The van der Waals surface area contributed by atoms with Gasteiger partial charge in [0.25, 0.3) is 0 Å². The van der Waals surface area contributed by atoms with E-state index in [2.05, 4.69) is 51.3 Å². The summed E-state index contributed by atoms with van der Waals surface area (Å²) in [6.07, 6.45) is 10.8. The molecule has 33 heavy (non-hydrogen) atoms. The number of aliphatic hydroxyl groups is 2. The van der Waals surface area contributed by atoms with Crippen molar-refractivity contribution in [1.82, 2.24) is 4.90 Å². The predicted molar refractivity (Wildman–Crippen MR) is 135 cm³/mol. The highest BCUT2D eigenvalue weighted by molar-refractivity contribution is 5.38. The molecule has 2 N–H and O–H groups in total. The van der Waals surface area contributed by atoms with Gasteiger partial charge in [-0.1, -0.05) is 52.0 Å². The van der Waals surface area contributed by atoms with Crippen molar-refractivity contribution in [2.24, 2.45) is 29.1 Å². The molecule has 0 radical (unpaired) electrons. The smallest absolute Gasteiger partial charge is 0.0811 e. The van der Waals surface area contributed by atoms with E-state index in [1.807, 2.05) is 0 Å². The molecule has 1 saturated heterocycles. The van der Waals surface area contributed by atoms with Crippen molar-refractivity contribution in [1.29, 1.82) is 0 Å². The van der Waals surface area contributed by atoms with Crippen molar-refractivity contribution in [3.05, 3.63) is 35.5 Å². The highest BCUT2D eigenvalue weighted by Crippen LogP contribution is 2.59. The van der Waals surface area contributed by atoms with Crippen LogP contribution in [0.15, 0.2) is 35.5 Å². The van der Waals surface area contributed by atoms with E-state index in [0.29, 0.717) is 42.1 Å². The third-order valence-corrected chi connectivity index (χ3v) is 9.56. The van der Waals surface area contributed by atoms with Crippen LogP contribution in [0.5, 0.6) is 0 Å². The average Bonchev–Trinajstić information content (AvgIpc) is 3.13. The van der Waals surface area contributed by atoms with Crippen LogP contribution in [-0.2, 0) is 4.74 Å². The first kappa shape index (κ1) is 25.2. The molecule has 0 aromatic rings. The van der Waals surface area contributed by atoms with E-state index in [1.165, 1.54) is 38.6 Å². The Morgan fingerprint density at radius 1 is 1.21 bits per heavy atom. The van der Waals surface area contributed by atoms with Gasteiger partial charge in [0.2, 0.25) is 0 Å². The van der Waals surface area contributed by atoms with Gasteiger partial charge in [-0.25, -0.2) is 0 Å². The molecule has 4 rings (SSSR count). The molecule has 3 saturated carbocycles. The SMILES string of the molecule is C=C1/C(=C\C=C2/CCC[C@]3(C)[C@@H]([C@H](C)CN4CCOC[C@H]4C(C)C)CC[C@@H]23)C[C@@H](O)C[C@@H]1O. The zero-order valence-corrected chi connectivity index (χ0v) is 21.4. The van der Waals surface area contributed by atoms with Crippen molar-refractivity contribution in [2.45, 2.75) is 90.9 Å². The Morgan fingerprint density at radius 3 is 2.76 bits per heavy atom. The Bertz CT molecular complexity index is 771. The van der Waals surface area contributed by atoms with Gasteiger partial charge in [-0.05, 0) is 78.8 Å².